The average Bonchev–Trinajstić information content (AvgIpc) is 3.26. The Balaban J connectivity index is 1.50. The van der Waals surface area contributed by atoms with Crippen LogP contribution in [0.1, 0.15) is 23.2 Å². The van der Waals surface area contributed by atoms with Gasteiger partial charge in [0.25, 0.3) is 11.5 Å². The summed E-state index contributed by atoms with van der Waals surface area (Å²) in [5, 5.41) is 22.8. The van der Waals surface area contributed by atoms with Crippen LogP contribution >= 0.6 is 0 Å². The molecule has 3 heterocycles. The van der Waals surface area contributed by atoms with E-state index in [9.17, 15) is 19.1 Å². The third-order valence-corrected chi connectivity index (χ3v) is 5.82. The molecule has 0 spiro atoms. The van der Waals surface area contributed by atoms with E-state index >= 15 is 0 Å². The predicted molar refractivity (Wildman–Crippen MR) is 124 cm³/mol. The van der Waals surface area contributed by atoms with E-state index in [1.54, 1.807) is 37.5 Å². The minimum absolute atomic E-state index is 0.216. The normalized spacial score (nSPS) is 17.3. The van der Waals surface area contributed by atoms with E-state index in [2.05, 4.69) is 26.0 Å². The topological polar surface area (TPSA) is 126 Å². The third kappa shape index (κ3) is 3.86. The summed E-state index contributed by atoms with van der Waals surface area (Å²) in [5.41, 5.74) is 0.729. The van der Waals surface area contributed by atoms with Gasteiger partial charge in [-0.15, -0.1) is 0 Å². The summed E-state index contributed by atoms with van der Waals surface area (Å²) in [5.74, 6) is 0.00825. The molecule has 174 valence electrons. The van der Waals surface area contributed by atoms with Crippen molar-refractivity contribution < 1.29 is 14.3 Å². The Bertz CT molecular complexity index is 1450. The number of pyridine rings is 1. The number of aromatic nitrogens is 4. The number of nitrogens with zero attached hydrogens (tertiary/aromatic N) is 4. The van der Waals surface area contributed by atoms with Gasteiger partial charge in [-0.2, -0.15) is 9.61 Å². The summed E-state index contributed by atoms with van der Waals surface area (Å²) in [4.78, 5) is 30.3. The first-order valence-corrected chi connectivity index (χ1v) is 10.7. The van der Waals surface area contributed by atoms with E-state index < -0.39 is 23.4 Å². The van der Waals surface area contributed by atoms with Crippen LogP contribution in [0.2, 0.25) is 0 Å². The van der Waals surface area contributed by atoms with E-state index in [4.69, 9.17) is 0 Å². The largest absolute Gasteiger partial charge is 0.391 e. The lowest BCUT2D eigenvalue weighted by Gasteiger charge is -2.32. The summed E-state index contributed by atoms with van der Waals surface area (Å²) in [6.07, 6.45) is 3.76. The quantitative estimate of drug-likeness (QED) is 0.345. The van der Waals surface area contributed by atoms with E-state index in [1.165, 1.54) is 33.5 Å². The van der Waals surface area contributed by atoms with E-state index in [-0.39, 0.29) is 22.9 Å². The van der Waals surface area contributed by atoms with Crippen molar-refractivity contribution in [2.24, 2.45) is 0 Å². The van der Waals surface area contributed by atoms with Gasteiger partial charge in [-0.25, -0.2) is 9.37 Å². The molecule has 5 rings (SSSR count). The summed E-state index contributed by atoms with van der Waals surface area (Å²) in [7, 11) is 1.70. The highest BCUT2D eigenvalue weighted by Gasteiger charge is 2.31. The highest BCUT2D eigenvalue weighted by Crippen LogP contribution is 2.23. The molecule has 1 amide bonds. The van der Waals surface area contributed by atoms with Gasteiger partial charge >= 0.3 is 0 Å². The van der Waals surface area contributed by atoms with Crippen LogP contribution in [0, 0.1) is 5.82 Å². The molecule has 1 aromatic carbocycles. The minimum atomic E-state index is -0.554. The number of hydrogen-bond acceptors (Lipinski definition) is 7. The number of rotatable bonds is 6. The molecule has 34 heavy (non-hydrogen) atoms. The number of fused-ring (bicyclic) bond motifs is 1. The van der Waals surface area contributed by atoms with Crippen molar-refractivity contribution in [1.82, 2.24) is 24.5 Å². The van der Waals surface area contributed by atoms with Crippen molar-refractivity contribution in [3.05, 3.63) is 76.6 Å². The fourth-order valence-corrected chi connectivity index (χ4v) is 3.82. The van der Waals surface area contributed by atoms with Crippen LogP contribution in [-0.4, -0.2) is 49.4 Å². The van der Waals surface area contributed by atoms with Gasteiger partial charge in [0.05, 0.1) is 24.0 Å². The Morgan fingerprint density at radius 3 is 2.76 bits per heavy atom. The number of hydrogen-bond donors (Lipinski definition) is 4. The van der Waals surface area contributed by atoms with Crippen molar-refractivity contribution in [2.75, 3.05) is 17.7 Å². The zero-order chi connectivity index (χ0) is 23.8. The Morgan fingerprint density at radius 1 is 1.21 bits per heavy atom. The van der Waals surface area contributed by atoms with Crippen molar-refractivity contribution in [3.8, 4) is 5.69 Å². The van der Waals surface area contributed by atoms with Gasteiger partial charge in [0.1, 0.15) is 28.7 Å². The SMILES string of the molecule is CNc1cc(Nc2cccn(-c3cccc(F)c3)c2=O)nc2c(C(=O)NC3CC[C@H]3O)cnn12. The first kappa shape index (κ1) is 21.6. The maximum atomic E-state index is 13.7. The van der Waals surface area contributed by atoms with Crippen LogP contribution in [0.15, 0.2) is 59.7 Å². The lowest BCUT2D eigenvalue weighted by molar-refractivity contribution is 0.0448. The molecule has 4 aromatic rings. The van der Waals surface area contributed by atoms with Crippen LogP contribution in [0.25, 0.3) is 11.3 Å². The molecular weight excluding hydrogens is 441 g/mol. The standard InChI is InChI=1S/C23H22FN7O3/c1-25-20-11-19(27-17-6-3-9-30(23(17)34)14-5-2-4-13(24)10-14)29-21-15(12-26-31(20)21)22(33)28-16-7-8-18(16)32/h2-6,9-12,16,18,25,32H,7-8H2,1H3,(H,27,29)(H,28,33)/t16?,18-/m1/s1. The van der Waals surface area contributed by atoms with Crippen LogP contribution in [0.5, 0.6) is 0 Å². The first-order valence-electron chi connectivity index (χ1n) is 10.7. The van der Waals surface area contributed by atoms with Gasteiger partial charge in [0.15, 0.2) is 5.65 Å². The van der Waals surface area contributed by atoms with E-state index in [1.807, 2.05) is 0 Å². The number of benzene rings is 1. The van der Waals surface area contributed by atoms with E-state index in [0.29, 0.717) is 30.2 Å². The molecule has 3 aromatic heterocycles. The van der Waals surface area contributed by atoms with Gasteiger partial charge in [0.2, 0.25) is 0 Å². The fraction of sp³-hybridized carbons (Fsp3) is 0.217. The molecule has 1 aliphatic carbocycles. The van der Waals surface area contributed by atoms with Crippen LogP contribution in [-0.2, 0) is 0 Å². The van der Waals surface area contributed by atoms with E-state index in [0.717, 1.165) is 0 Å². The number of anilines is 3. The van der Waals surface area contributed by atoms with Crippen LogP contribution in [0.3, 0.4) is 0 Å². The maximum Gasteiger partial charge on any atom is 0.278 e. The second-order valence-corrected chi connectivity index (χ2v) is 8.00. The molecule has 0 aliphatic heterocycles. The number of carbonyl (C=O) groups is 1. The molecule has 2 atom stereocenters. The van der Waals surface area contributed by atoms with Crippen molar-refractivity contribution in [2.45, 2.75) is 25.0 Å². The van der Waals surface area contributed by atoms with Crippen LogP contribution in [0.4, 0.5) is 21.7 Å². The first-order chi connectivity index (χ1) is 16.4. The Morgan fingerprint density at radius 2 is 2.06 bits per heavy atom. The molecule has 1 saturated carbocycles. The third-order valence-electron chi connectivity index (χ3n) is 5.82. The molecule has 4 N–H and O–H groups in total. The van der Waals surface area contributed by atoms with Crippen LogP contribution < -0.4 is 21.5 Å². The van der Waals surface area contributed by atoms with Crippen molar-refractivity contribution >= 4 is 28.9 Å². The summed E-state index contributed by atoms with van der Waals surface area (Å²) in [6, 6.07) is 10.3. The number of aliphatic hydroxyl groups is 1. The second-order valence-electron chi connectivity index (χ2n) is 8.00. The molecule has 10 nitrogen and oxygen atoms in total. The summed E-state index contributed by atoms with van der Waals surface area (Å²) >= 11 is 0. The number of halogens is 1. The molecule has 1 fully saturated rings. The molecule has 1 aliphatic rings. The zero-order valence-corrected chi connectivity index (χ0v) is 18.2. The molecule has 0 radical (unpaired) electrons. The Hall–Kier alpha value is -4.25. The molecule has 0 saturated heterocycles. The zero-order valence-electron chi connectivity index (χ0n) is 18.2. The number of carbonyl (C=O) groups excluding carboxylic acids is 1. The lowest BCUT2D eigenvalue weighted by Crippen LogP contribution is -2.50. The van der Waals surface area contributed by atoms with Crippen molar-refractivity contribution in [1.29, 1.82) is 0 Å². The van der Waals surface area contributed by atoms with Gasteiger partial charge in [-0.1, -0.05) is 6.07 Å². The molecule has 11 heteroatoms. The van der Waals surface area contributed by atoms with Gasteiger partial charge in [-0.3, -0.25) is 14.2 Å². The molecule has 1 unspecified atom stereocenters. The minimum Gasteiger partial charge on any atom is -0.391 e. The van der Waals surface area contributed by atoms with Crippen molar-refractivity contribution in [3.63, 3.8) is 0 Å². The van der Waals surface area contributed by atoms with Gasteiger partial charge in [0, 0.05) is 19.3 Å². The summed E-state index contributed by atoms with van der Waals surface area (Å²) in [6.45, 7) is 0. The molecule has 0 bridgehead atoms. The smallest absolute Gasteiger partial charge is 0.278 e. The number of amides is 1. The Labute approximate surface area is 193 Å². The average molecular weight is 463 g/mol. The summed E-state index contributed by atoms with van der Waals surface area (Å²) < 4.78 is 16.5. The van der Waals surface area contributed by atoms with Gasteiger partial charge < -0.3 is 21.1 Å². The monoisotopic (exact) mass is 463 g/mol. The second kappa shape index (κ2) is 8.60. The lowest BCUT2D eigenvalue weighted by atomic mass is 9.89. The number of nitrogens with one attached hydrogen (secondary N) is 3. The highest BCUT2D eigenvalue weighted by molar-refractivity contribution is 6.00. The Kier molecular flexibility index (Phi) is 5.46. The van der Waals surface area contributed by atoms with Gasteiger partial charge in [-0.05, 0) is 43.2 Å². The fourth-order valence-electron chi connectivity index (χ4n) is 3.82. The predicted octanol–water partition coefficient (Wildman–Crippen LogP) is 2.06. The number of aliphatic hydroxyl groups excluding tert-OH is 1. The highest BCUT2D eigenvalue weighted by atomic mass is 19.1. The molecular formula is C23H22FN7O3. The maximum absolute atomic E-state index is 13.7.